The van der Waals surface area contributed by atoms with Gasteiger partial charge in [0.15, 0.2) is 0 Å². The Kier molecular flexibility index (Phi) is 1.89. The van der Waals surface area contributed by atoms with Crippen molar-refractivity contribution >= 4 is 5.97 Å². The molecule has 4 heteroatoms. The van der Waals surface area contributed by atoms with E-state index in [1.165, 1.54) is 0 Å². The predicted molar refractivity (Wildman–Crippen MR) is 33.6 cm³/mol. The van der Waals surface area contributed by atoms with Crippen molar-refractivity contribution in [2.75, 3.05) is 13.2 Å². The maximum absolute atomic E-state index is 12.2. The summed E-state index contributed by atoms with van der Waals surface area (Å²) in [5.41, 5.74) is -1.26. The van der Waals surface area contributed by atoms with E-state index in [0.29, 0.717) is 13.0 Å². The van der Waals surface area contributed by atoms with Crippen molar-refractivity contribution in [3.8, 4) is 0 Å². The molecule has 10 heavy (non-hydrogen) atoms. The minimum absolute atomic E-state index is 0.402. The Balaban J connectivity index is 2.67. The summed E-state index contributed by atoms with van der Waals surface area (Å²) < 4.78 is 12.2. The summed E-state index contributed by atoms with van der Waals surface area (Å²) in [5.74, 6) is -1.08. The van der Waals surface area contributed by atoms with Crippen LogP contribution in [0.15, 0.2) is 0 Å². The summed E-state index contributed by atoms with van der Waals surface area (Å²) in [6.45, 7) is -0.210. The van der Waals surface area contributed by atoms with Crippen molar-refractivity contribution in [1.82, 2.24) is 5.32 Å². The van der Waals surface area contributed by atoms with Crippen LogP contribution in [0.2, 0.25) is 0 Å². The summed E-state index contributed by atoms with van der Waals surface area (Å²) in [5, 5.41) is 11.2. The van der Waals surface area contributed by atoms with Gasteiger partial charge in [-0.25, -0.2) is 4.39 Å². The van der Waals surface area contributed by atoms with Crippen molar-refractivity contribution in [2.45, 2.75) is 18.4 Å². The molecule has 3 nitrogen and oxygen atoms in total. The molecule has 58 valence electrons. The van der Waals surface area contributed by atoms with Gasteiger partial charge >= 0.3 is 5.97 Å². The normalized spacial score (nSPS) is 32.5. The highest BCUT2D eigenvalue weighted by molar-refractivity contribution is 5.79. The van der Waals surface area contributed by atoms with Gasteiger partial charge in [-0.2, -0.15) is 0 Å². The molecule has 0 aliphatic carbocycles. The predicted octanol–water partition coefficient (Wildman–Crippen LogP) is 0.163. The van der Waals surface area contributed by atoms with Crippen molar-refractivity contribution in [3.63, 3.8) is 0 Å². The molecule has 0 spiro atoms. The van der Waals surface area contributed by atoms with Crippen LogP contribution in [0.1, 0.15) is 12.8 Å². The molecule has 1 heterocycles. The number of carbonyl (C=O) groups is 1. The molecule has 1 fully saturated rings. The van der Waals surface area contributed by atoms with Crippen molar-refractivity contribution < 1.29 is 14.3 Å². The Hall–Kier alpha value is -0.640. The molecular formula is C6H10FNO2. The topological polar surface area (TPSA) is 49.3 Å². The fraction of sp³-hybridized carbons (Fsp3) is 0.833. The van der Waals surface area contributed by atoms with Crippen LogP contribution in [0, 0.1) is 0 Å². The van der Waals surface area contributed by atoms with E-state index in [1.807, 2.05) is 0 Å². The average molecular weight is 147 g/mol. The number of hydrogen-bond acceptors (Lipinski definition) is 2. The molecule has 0 aromatic carbocycles. The van der Waals surface area contributed by atoms with Crippen molar-refractivity contribution in [1.29, 1.82) is 0 Å². The summed E-state index contributed by atoms with van der Waals surface area (Å²) in [6, 6.07) is 0. The van der Waals surface area contributed by atoms with Crippen LogP contribution >= 0.6 is 0 Å². The van der Waals surface area contributed by atoms with E-state index in [4.69, 9.17) is 5.11 Å². The van der Waals surface area contributed by atoms with Crippen LogP contribution < -0.4 is 5.32 Å². The number of rotatable bonds is 2. The highest BCUT2D eigenvalue weighted by Crippen LogP contribution is 2.19. The fourth-order valence-corrected chi connectivity index (χ4v) is 1.16. The summed E-state index contributed by atoms with van der Waals surface area (Å²) >= 11 is 0. The number of halogens is 1. The van der Waals surface area contributed by atoms with Gasteiger partial charge in [0.1, 0.15) is 12.2 Å². The molecular weight excluding hydrogens is 137 g/mol. The lowest BCUT2D eigenvalue weighted by Crippen LogP contribution is -2.49. The Morgan fingerprint density at radius 2 is 2.50 bits per heavy atom. The molecule has 2 N–H and O–H groups in total. The van der Waals surface area contributed by atoms with Crippen LogP contribution in [0.3, 0.4) is 0 Å². The second-order valence-corrected chi connectivity index (χ2v) is 2.55. The van der Waals surface area contributed by atoms with Crippen molar-refractivity contribution in [3.05, 3.63) is 0 Å². The minimum Gasteiger partial charge on any atom is -0.480 e. The zero-order valence-corrected chi connectivity index (χ0v) is 5.56. The number of aliphatic carboxylic acids is 1. The lowest BCUT2D eigenvalue weighted by Gasteiger charge is -2.19. The van der Waals surface area contributed by atoms with Crippen LogP contribution in [-0.4, -0.2) is 29.8 Å². The molecule has 1 atom stereocenters. The van der Waals surface area contributed by atoms with Gasteiger partial charge in [-0.15, -0.1) is 0 Å². The quantitative estimate of drug-likeness (QED) is 0.585. The van der Waals surface area contributed by atoms with E-state index in [9.17, 15) is 9.18 Å². The smallest absolute Gasteiger partial charge is 0.326 e. The molecule has 1 rings (SSSR count). The first-order chi connectivity index (χ1) is 4.71. The van der Waals surface area contributed by atoms with Gasteiger partial charge in [0, 0.05) is 0 Å². The van der Waals surface area contributed by atoms with E-state index in [1.54, 1.807) is 0 Å². The third-order valence-corrected chi connectivity index (χ3v) is 1.88. The molecule has 0 unspecified atom stereocenters. The maximum atomic E-state index is 12.2. The molecule has 1 saturated heterocycles. The van der Waals surface area contributed by atoms with Gasteiger partial charge in [0.2, 0.25) is 0 Å². The van der Waals surface area contributed by atoms with E-state index >= 15 is 0 Å². The van der Waals surface area contributed by atoms with Crippen LogP contribution in [0.5, 0.6) is 0 Å². The lowest BCUT2D eigenvalue weighted by atomic mass is 10.0. The number of alkyl halides is 1. The summed E-state index contributed by atoms with van der Waals surface area (Å²) in [4.78, 5) is 10.5. The molecule has 0 radical (unpaired) electrons. The molecule has 0 aromatic heterocycles. The lowest BCUT2D eigenvalue weighted by molar-refractivity contribution is -0.144. The third-order valence-electron chi connectivity index (χ3n) is 1.88. The molecule has 0 amide bonds. The first kappa shape index (κ1) is 7.47. The SMILES string of the molecule is O=C(O)[C@]1(CF)CCCN1. The second-order valence-electron chi connectivity index (χ2n) is 2.55. The summed E-state index contributed by atoms with van der Waals surface area (Å²) in [6.07, 6.45) is 1.15. The van der Waals surface area contributed by atoms with Gasteiger partial charge in [0.25, 0.3) is 0 Å². The van der Waals surface area contributed by atoms with E-state index in [-0.39, 0.29) is 0 Å². The monoisotopic (exact) mass is 147 g/mol. The number of nitrogens with one attached hydrogen (secondary N) is 1. The van der Waals surface area contributed by atoms with Crippen LogP contribution in [0.25, 0.3) is 0 Å². The standard InChI is InChI=1S/C6H10FNO2/c7-4-6(5(9)10)2-1-3-8-6/h8H,1-4H2,(H,9,10)/t6-/m1/s1. The van der Waals surface area contributed by atoms with Gasteiger partial charge < -0.3 is 5.11 Å². The van der Waals surface area contributed by atoms with E-state index in [2.05, 4.69) is 5.32 Å². The molecule has 0 saturated carbocycles. The minimum atomic E-state index is -1.26. The molecule has 0 aromatic rings. The first-order valence-electron chi connectivity index (χ1n) is 3.26. The van der Waals surface area contributed by atoms with E-state index < -0.39 is 18.2 Å². The number of carboxylic acid groups (broad SMARTS) is 1. The largest absolute Gasteiger partial charge is 0.480 e. The molecule has 1 aliphatic heterocycles. The Bertz CT molecular complexity index is 143. The Morgan fingerprint density at radius 1 is 1.80 bits per heavy atom. The average Bonchev–Trinajstić information content (AvgIpc) is 2.35. The Morgan fingerprint density at radius 3 is 2.70 bits per heavy atom. The highest BCUT2D eigenvalue weighted by Gasteiger charge is 2.41. The second kappa shape index (κ2) is 2.54. The van der Waals surface area contributed by atoms with Gasteiger partial charge in [-0.1, -0.05) is 0 Å². The Labute approximate surface area is 58.2 Å². The zero-order chi connectivity index (χ0) is 7.61. The van der Waals surface area contributed by atoms with Crippen LogP contribution in [0.4, 0.5) is 4.39 Å². The van der Waals surface area contributed by atoms with Gasteiger partial charge in [-0.3, -0.25) is 10.1 Å². The zero-order valence-electron chi connectivity index (χ0n) is 5.56. The van der Waals surface area contributed by atoms with Gasteiger partial charge in [0.05, 0.1) is 0 Å². The van der Waals surface area contributed by atoms with Crippen LogP contribution in [-0.2, 0) is 4.79 Å². The first-order valence-corrected chi connectivity index (χ1v) is 3.26. The fourth-order valence-electron chi connectivity index (χ4n) is 1.16. The molecule has 1 aliphatic rings. The van der Waals surface area contributed by atoms with Crippen molar-refractivity contribution in [2.24, 2.45) is 0 Å². The van der Waals surface area contributed by atoms with E-state index in [0.717, 1.165) is 6.42 Å². The van der Waals surface area contributed by atoms with Gasteiger partial charge in [-0.05, 0) is 19.4 Å². The summed E-state index contributed by atoms with van der Waals surface area (Å²) in [7, 11) is 0. The number of hydrogen-bond donors (Lipinski definition) is 2. The maximum Gasteiger partial charge on any atom is 0.326 e. The third kappa shape index (κ3) is 0.988. The highest BCUT2D eigenvalue weighted by atomic mass is 19.1. The molecule has 0 bridgehead atoms. The number of carboxylic acids is 1.